The molecule has 0 spiro atoms. The van der Waals surface area contributed by atoms with Crippen LogP contribution in [-0.4, -0.2) is 31.1 Å². The lowest BCUT2D eigenvalue weighted by Gasteiger charge is -2.31. The minimum Gasteiger partial charge on any atom is -0.286 e. The van der Waals surface area contributed by atoms with Gasteiger partial charge in [-0.1, -0.05) is 6.58 Å². The summed E-state index contributed by atoms with van der Waals surface area (Å²) in [6, 6.07) is 0. The zero-order valence-electron chi connectivity index (χ0n) is 6.49. The summed E-state index contributed by atoms with van der Waals surface area (Å²) in [4.78, 5) is 10.9. The first kappa shape index (κ1) is 7.85. The molecule has 2 fully saturated rings. The molecule has 1 aliphatic carbocycles. The van der Waals surface area contributed by atoms with Crippen LogP contribution in [0.15, 0.2) is 12.2 Å². The minimum atomic E-state index is -3.34. The number of hydrogen-bond donors (Lipinski definition) is 0. The third-order valence-electron chi connectivity index (χ3n) is 2.07. The van der Waals surface area contributed by atoms with Crippen molar-refractivity contribution in [2.45, 2.75) is 18.1 Å². The Bertz CT molecular complexity index is 343. The quantitative estimate of drug-likeness (QED) is 0.560. The van der Waals surface area contributed by atoms with Gasteiger partial charge in [0.2, 0.25) is 10.0 Å². The summed E-state index contributed by atoms with van der Waals surface area (Å²) < 4.78 is 23.7. The second kappa shape index (κ2) is 2.13. The van der Waals surface area contributed by atoms with E-state index in [9.17, 15) is 13.2 Å². The molecule has 0 bridgehead atoms. The first-order valence-electron chi connectivity index (χ1n) is 3.78. The van der Waals surface area contributed by atoms with Crippen molar-refractivity contribution in [3.8, 4) is 0 Å². The highest BCUT2D eigenvalue weighted by Crippen LogP contribution is 2.34. The van der Waals surface area contributed by atoms with Crippen molar-refractivity contribution in [1.82, 2.24) is 4.31 Å². The summed E-state index contributed by atoms with van der Waals surface area (Å²) in [5.41, 5.74) is 0.409. The SMILES string of the molecule is C=C1BC(=O)N1S(=O)(=O)C1CC1. The summed E-state index contributed by atoms with van der Waals surface area (Å²) in [7, 11) is -3.16. The molecule has 1 saturated heterocycles. The molecule has 0 N–H and O–H groups in total. The monoisotopic (exact) mass is 185 g/mol. The molecular weight excluding hydrogens is 177 g/mol. The first-order chi connectivity index (χ1) is 5.53. The van der Waals surface area contributed by atoms with E-state index in [4.69, 9.17) is 0 Å². The van der Waals surface area contributed by atoms with Gasteiger partial charge in [0.05, 0.1) is 5.25 Å². The summed E-state index contributed by atoms with van der Waals surface area (Å²) in [6.45, 7) is 3.49. The molecule has 0 unspecified atom stereocenters. The van der Waals surface area contributed by atoms with E-state index in [1.54, 1.807) is 0 Å². The Balaban J connectivity index is 2.28. The van der Waals surface area contributed by atoms with Gasteiger partial charge in [0.15, 0.2) is 5.81 Å². The maximum Gasteiger partial charge on any atom is 0.290 e. The van der Waals surface area contributed by atoms with Crippen molar-refractivity contribution in [3.63, 3.8) is 0 Å². The van der Waals surface area contributed by atoms with Crippen LogP contribution >= 0.6 is 0 Å². The molecule has 1 heterocycles. The highest BCUT2D eigenvalue weighted by Gasteiger charge is 2.47. The molecule has 1 saturated carbocycles. The van der Waals surface area contributed by atoms with Crippen molar-refractivity contribution in [3.05, 3.63) is 12.2 Å². The van der Waals surface area contributed by atoms with E-state index in [2.05, 4.69) is 6.58 Å². The van der Waals surface area contributed by atoms with Crippen molar-refractivity contribution < 1.29 is 13.2 Å². The molecule has 2 rings (SSSR count). The normalized spacial score (nSPS) is 23.5. The van der Waals surface area contributed by atoms with Crippen LogP contribution in [0.25, 0.3) is 0 Å². The molecule has 2 aliphatic rings. The van der Waals surface area contributed by atoms with Gasteiger partial charge in [-0.3, -0.25) is 4.79 Å². The number of nitrogens with zero attached hydrogens (tertiary/aromatic N) is 1. The fraction of sp³-hybridized carbons (Fsp3) is 0.500. The lowest BCUT2D eigenvalue weighted by Crippen LogP contribution is -2.51. The topological polar surface area (TPSA) is 54.5 Å². The molecule has 0 aromatic carbocycles. The van der Waals surface area contributed by atoms with Crippen LogP contribution in [0.4, 0.5) is 4.79 Å². The second-order valence-corrected chi connectivity index (χ2v) is 5.21. The first-order valence-corrected chi connectivity index (χ1v) is 5.28. The van der Waals surface area contributed by atoms with E-state index >= 15 is 0 Å². The highest BCUT2D eigenvalue weighted by atomic mass is 32.2. The standard InChI is InChI=1S/C6H8BNO3S/c1-4-7-6(9)8(4)12(10,11)5-2-3-5/h5,7H,1-3H2. The van der Waals surface area contributed by atoms with Crippen LogP contribution in [0.3, 0.4) is 0 Å². The van der Waals surface area contributed by atoms with E-state index in [0.29, 0.717) is 18.4 Å². The molecule has 6 heteroatoms. The van der Waals surface area contributed by atoms with Crippen LogP contribution in [0.5, 0.6) is 0 Å². The molecule has 1 aliphatic heterocycles. The van der Waals surface area contributed by atoms with Crippen LogP contribution in [-0.2, 0) is 10.0 Å². The van der Waals surface area contributed by atoms with Crippen molar-refractivity contribution in [2.24, 2.45) is 0 Å². The third kappa shape index (κ3) is 0.907. The largest absolute Gasteiger partial charge is 0.290 e. The summed E-state index contributed by atoms with van der Waals surface area (Å²) in [5.74, 6) is -0.341. The Morgan fingerprint density at radius 2 is 2.08 bits per heavy atom. The van der Waals surface area contributed by atoms with Crippen molar-refractivity contribution in [2.75, 3.05) is 0 Å². The molecule has 0 aromatic heterocycles. The molecule has 12 heavy (non-hydrogen) atoms. The van der Waals surface area contributed by atoms with Gasteiger partial charge in [0.25, 0.3) is 7.28 Å². The van der Waals surface area contributed by atoms with Crippen LogP contribution in [0.2, 0.25) is 0 Å². The lowest BCUT2D eigenvalue weighted by molar-refractivity contribution is 0.246. The van der Waals surface area contributed by atoms with Gasteiger partial charge in [0, 0.05) is 5.60 Å². The van der Waals surface area contributed by atoms with Crippen molar-refractivity contribution >= 4 is 23.1 Å². The Morgan fingerprint density at radius 3 is 2.42 bits per heavy atom. The fourth-order valence-corrected chi connectivity index (χ4v) is 3.04. The van der Waals surface area contributed by atoms with E-state index in [1.165, 1.54) is 0 Å². The number of amides is 1. The maximum atomic E-state index is 11.4. The number of hydrogen-bond acceptors (Lipinski definition) is 3. The van der Waals surface area contributed by atoms with E-state index in [-0.39, 0.29) is 18.3 Å². The molecule has 1 amide bonds. The summed E-state index contributed by atoms with van der Waals surface area (Å²) >= 11 is 0. The highest BCUT2D eigenvalue weighted by molar-refractivity contribution is 7.91. The van der Waals surface area contributed by atoms with Crippen LogP contribution < -0.4 is 0 Å². The molecule has 64 valence electrons. The van der Waals surface area contributed by atoms with Gasteiger partial charge >= 0.3 is 0 Å². The van der Waals surface area contributed by atoms with E-state index in [0.717, 1.165) is 4.31 Å². The molecule has 0 atom stereocenters. The molecule has 0 aromatic rings. The van der Waals surface area contributed by atoms with Gasteiger partial charge in [-0.15, -0.1) is 0 Å². The van der Waals surface area contributed by atoms with E-state index in [1.807, 2.05) is 0 Å². The average Bonchev–Trinajstić information content (AvgIpc) is 2.64. The van der Waals surface area contributed by atoms with Crippen LogP contribution in [0, 0.1) is 0 Å². The Hall–Kier alpha value is -0.775. The predicted octanol–water partition coefficient (Wildman–Crippen LogP) is -0.178. The van der Waals surface area contributed by atoms with Gasteiger partial charge in [0.1, 0.15) is 0 Å². The summed E-state index contributed by atoms with van der Waals surface area (Å²) in [6.07, 6.45) is 1.36. The number of carbonyl (C=O) groups excluding carboxylic acids is 1. The Kier molecular flexibility index (Phi) is 1.39. The molecule has 4 nitrogen and oxygen atoms in total. The van der Waals surface area contributed by atoms with Crippen LogP contribution in [0.1, 0.15) is 12.8 Å². The molecular formula is C6H8BNO3S. The number of rotatable bonds is 2. The fourth-order valence-electron chi connectivity index (χ4n) is 1.24. The maximum absolute atomic E-state index is 11.4. The Labute approximate surface area is 71.5 Å². The Morgan fingerprint density at radius 1 is 1.50 bits per heavy atom. The van der Waals surface area contributed by atoms with Gasteiger partial charge < -0.3 is 0 Å². The van der Waals surface area contributed by atoms with Gasteiger partial charge in [-0.25, -0.2) is 12.7 Å². The minimum absolute atomic E-state index is 0.186. The number of sulfonamides is 1. The smallest absolute Gasteiger partial charge is 0.286 e. The van der Waals surface area contributed by atoms with Gasteiger partial charge in [-0.2, -0.15) is 0 Å². The summed E-state index contributed by atoms with van der Waals surface area (Å²) in [5, 5.41) is -0.321. The zero-order chi connectivity index (χ0) is 8.93. The lowest BCUT2D eigenvalue weighted by atomic mass is 9.66. The second-order valence-electron chi connectivity index (χ2n) is 3.15. The van der Waals surface area contributed by atoms with Gasteiger partial charge in [-0.05, 0) is 12.8 Å². The molecule has 0 radical (unpaired) electrons. The third-order valence-corrected chi connectivity index (χ3v) is 4.35. The van der Waals surface area contributed by atoms with Crippen molar-refractivity contribution in [1.29, 1.82) is 0 Å². The zero-order valence-corrected chi connectivity index (χ0v) is 7.30. The van der Waals surface area contributed by atoms with E-state index < -0.39 is 10.0 Å². The predicted molar refractivity (Wildman–Crippen MR) is 45.5 cm³/mol. The number of carbonyl (C=O) groups is 1. The average molecular weight is 185 g/mol.